The van der Waals surface area contributed by atoms with Gasteiger partial charge in [-0.05, 0) is 6.07 Å². The Morgan fingerprint density at radius 3 is 2.54 bits per heavy atom. The predicted molar refractivity (Wildman–Crippen MR) is 43.0 cm³/mol. The van der Waals surface area contributed by atoms with Crippen molar-refractivity contribution in [1.82, 2.24) is 4.98 Å². The van der Waals surface area contributed by atoms with Crippen molar-refractivity contribution < 1.29 is 61.3 Å². The van der Waals surface area contributed by atoms with E-state index in [0.717, 1.165) is 0 Å². The summed E-state index contributed by atoms with van der Waals surface area (Å²) >= 11 is 10.9. The summed E-state index contributed by atoms with van der Waals surface area (Å²) in [7, 11) is 0. The molecule has 64 valence electrons. The fourth-order valence-corrected chi connectivity index (χ4v) is 1.03. The Hall–Kier alpha value is 0.636. The van der Waals surface area contributed by atoms with E-state index < -0.39 is 11.7 Å². The number of carboxylic acids is 1. The van der Waals surface area contributed by atoms with Crippen LogP contribution in [-0.4, -0.2) is 11.0 Å². The summed E-state index contributed by atoms with van der Waals surface area (Å²) in [5.74, 6) is -1.51. The molecule has 0 unspecified atom stereocenters. The van der Waals surface area contributed by atoms with E-state index in [0.29, 0.717) is 0 Å². The normalized spacial score (nSPS) is 9.08. The molecule has 0 fully saturated rings. The number of carbonyl (C=O) groups is 1. The van der Waals surface area contributed by atoms with Crippen LogP contribution in [0.3, 0.4) is 0 Å². The van der Waals surface area contributed by atoms with E-state index in [2.05, 4.69) is 4.98 Å². The van der Waals surface area contributed by atoms with E-state index in [4.69, 9.17) is 28.9 Å². The Bertz CT molecular complexity index is 346. The van der Waals surface area contributed by atoms with Crippen LogP contribution in [-0.2, 0) is 0 Å². The molecule has 0 saturated heterocycles. The van der Waals surface area contributed by atoms with Gasteiger partial charge in [0.1, 0.15) is 10.8 Å². The maximum Gasteiger partial charge on any atom is 1.00 e. The molecule has 1 aromatic heterocycles. The van der Waals surface area contributed by atoms with Gasteiger partial charge in [-0.1, -0.05) is 23.2 Å². The smallest absolute Gasteiger partial charge is 0.543 e. The Balaban J connectivity index is 0.00000144. The van der Waals surface area contributed by atoms with Gasteiger partial charge in [0.25, 0.3) is 0 Å². The molecule has 0 radical (unpaired) electrons. The van der Waals surface area contributed by atoms with Crippen LogP contribution in [0.2, 0.25) is 10.2 Å². The molecule has 0 aliphatic rings. The van der Waals surface area contributed by atoms with Gasteiger partial charge < -0.3 is 15.6 Å². The molecule has 0 bridgehead atoms. The van der Waals surface area contributed by atoms with E-state index >= 15 is 0 Å². The molecule has 0 amide bonds. The van der Waals surface area contributed by atoms with E-state index in [1.54, 1.807) is 0 Å². The zero-order valence-electron chi connectivity index (χ0n) is 6.67. The molecule has 1 heterocycles. The summed E-state index contributed by atoms with van der Waals surface area (Å²) in [6.45, 7) is 0. The molecule has 0 aliphatic carbocycles. The average molecular weight is 245 g/mol. The summed E-state index contributed by atoms with van der Waals surface area (Å²) in [6.07, 6.45) is 0. The number of pyridine rings is 1. The minimum Gasteiger partial charge on any atom is -0.543 e. The molecule has 1 aromatic rings. The monoisotopic (exact) mass is 244 g/mol. The van der Waals surface area contributed by atoms with E-state index in [9.17, 15) is 9.90 Å². The van der Waals surface area contributed by atoms with Gasteiger partial charge in [0.2, 0.25) is 0 Å². The number of anilines is 1. The minimum absolute atomic E-state index is 0. The Morgan fingerprint density at radius 1 is 1.54 bits per heavy atom. The summed E-state index contributed by atoms with van der Waals surface area (Å²) in [6, 6.07) is 1.26. The fraction of sp³-hybridized carbons (Fsp3) is 0. The molecule has 13 heavy (non-hydrogen) atoms. The molecule has 0 atom stereocenters. The van der Waals surface area contributed by atoms with Gasteiger partial charge in [0.05, 0.1) is 16.7 Å². The van der Waals surface area contributed by atoms with Gasteiger partial charge in [0, 0.05) is 0 Å². The number of nitrogen functional groups attached to an aromatic ring is 1. The summed E-state index contributed by atoms with van der Waals surface area (Å²) in [5.41, 5.74) is 4.93. The summed E-state index contributed by atoms with van der Waals surface area (Å²) in [4.78, 5) is 13.8. The van der Waals surface area contributed by atoms with Crippen molar-refractivity contribution in [3.63, 3.8) is 0 Å². The second-order valence-electron chi connectivity index (χ2n) is 1.98. The van der Waals surface area contributed by atoms with Crippen LogP contribution < -0.4 is 62.2 Å². The standard InChI is InChI=1S/C6H4Cl2N2O2.K/c7-3-1-2(9)4(8)5(10-3)6(11)12;/h1H,(H2,9,10)(H,11,12);/q;+1/p-1. The number of hydrogen-bond donors (Lipinski definition) is 1. The van der Waals surface area contributed by atoms with Gasteiger partial charge in [-0.3, -0.25) is 0 Å². The van der Waals surface area contributed by atoms with Crippen LogP contribution in [0, 0.1) is 0 Å². The largest absolute Gasteiger partial charge is 1.00 e. The molecular weight excluding hydrogens is 242 g/mol. The van der Waals surface area contributed by atoms with Crippen molar-refractivity contribution in [2.45, 2.75) is 0 Å². The molecular formula is C6H3Cl2KN2O2. The van der Waals surface area contributed by atoms with Crippen molar-refractivity contribution in [3.05, 3.63) is 21.9 Å². The number of rotatable bonds is 1. The van der Waals surface area contributed by atoms with Crippen molar-refractivity contribution in [3.8, 4) is 0 Å². The fourth-order valence-electron chi connectivity index (χ4n) is 0.652. The van der Waals surface area contributed by atoms with E-state index in [-0.39, 0.29) is 67.2 Å². The number of hydrogen-bond acceptors (Lipinski definition) is 4. The Morgan fingerprint density at radius 2 is 2.08 bits per heavy atom. The van der Waals surface area contributed by atoms with Crippen LogP contribution in [0.25, 0.3) is 0 Å². The van der Waals surface area contributed by atoms with Gasteiger partial charge >= 0.3 is 51.4 Å². The second kappa shape index (κ2) is 5.50. The number of aromatic carboxylic acids is 1. The number of carboxylic acid groups (broad SMARTS) is 1. The Kier molecular flexibility index (Phi) is 5.77. The third-order valence-electron chi connectivity index (χ3n) is 1.15. The molecule has 0 spiro atoms. The summed E-state index contributed by atoms with van der Waals surface area (Å²) in [5, 5.41) is 10.2. The SMILES string of the molecule is Nc1cc(Cl)nc(C(=O)[O-])c1Cl.[K+]. The molecule has 0 aromatic carbocycles. The van der Waals surface area contributed by atoms with E-state index in [1.165, 1.54) is 6.07 Å². The van der Waals surface area contributed by atoms with Crippen molar-refractivity contribution in [1.29, 1.82) is 0 Å². The first kappa shape index (κ1) is 13.6. The van der Waals surface area contributed by atoms with Crippen LogP contribution in [0.4, 0.5) is 5.69 Å². The molecule has 1 rings (SSSR count). The van der Waals surface area contributed by atoms with Crippen molar-refractivity contribution in [2.24, 2.45) is 0 Å². The quantitative estimate of drug-likeness (QED) is 0.432. The molecule has 4 nitrogen and oxygen atoms in total. The van der Waals surface area contributed by atoms with Crippen molar-refractivity contribution in [2.75, 3.05) is 5.73 Å². The third-order valence-corrected chi connectivity index (χ3v) is 1.74. The zero-order valence-corrected chi connectivity index (χ0v) is 11.3. The van der Waals surface area contributed by atoms with Gasteiger partial charge in [-0.15, -0.1) is 0 Å². The minimum atomic E-state index is -1.51. The van der Waals surface area contributed by atoms with Crippen molar-refractivity contribution >= 4 is 34.9 Å². The Labute approximate surface area is 127 Å². The van der Waals surface area contributed by atoms with Crippen LogP contribution in [0.1, 0.15) is 10.5 Å². The van der Waals surface area contributed by atoms with Crippen LogP contribution in [0.5, 0.6) is 0 Å². The molecule has 0 saturated carbocycles. The zero-order chi connectivity index (χ0) is 9.30. The number of nitrogens with two attached hydrogens (primary N) is 1. The van der Waals surface area contributed by atoms with Crippen LogP contribution in [0.15, 0.2) is 6.07 Å². The second-order valence-corrected chi connectivity index (χ2v) is 2.75. The maximum atomic E-state index is 10.4. The first-order chi connectivity index (χ1) is 5.52. The number of halogens is 2. The predicted octanol–water partition coefficient (Wildman–Crippen LogP) is -2.66. The van der Waals surface area contributed by atoms with Gasteiger partial charge in [-0.2, -0.15) is 0 Å². The van der Waals surface area contributed by atoms with Gasteiger partial charge in [0.15, 0.2) is 0 Å². The maximum absolute atomic E-state index is 10.4. The molecule has 0 aliphatic heterocycles. The van der Waals surface area contributed by atoms with E-state index in [1.807, 2.05) is 0 Å². The van der Waals surface area contributed by atoms with Crippen LogP contribution >= 0.6 is 23.2 Å². The molecule has 7 heteroatoms. The van der Waals surface area contributed by atoms with Gasteiger partial charge in [-0.25, -0.2) is 4.98 Å². The third kappa shape index (κ3) is 3.36. The first-order valence-corrected chi connectivity index (χ1v) is 3.61. The summed E-state index contributed by atoms with van der Waals surface area (Å²) < 4.78 is 0. The topological polar surface area (TPSA) is 79.0 Å². The molecule has 2 N–H and O–H groups in total. The number of aromatic nitrogens is 1. The first-order valence-electron chi connectivity index (χ1n) is 2.85. The number of carbonyl (C=O) groups excluding carboxylic acids is 1. The number of nitrogens with zero attached hydrogens (tertiary/aromatic N) is 1. The average Bonchev–Trinajstić information content (AvgIpc) is 1.96.